The number of nitrogens with one attached hydrogen (secondary N) is 1. The topological polar surface area (TPSA) is 40.8 Å². The van der Waals surface area contributed by atoms with Crippen LogP contribution in [0.4, 0.5) is 13.2 Å². The van der Waals surface area contributed by atoms with Crippen molar-refractivity contribution in [2.75, 3.05) is 20.6 Å². The molecule has 1 aromatic heterocycles. The van der Waals surface area contributed by atoms with Gasteiger partial charge >= 0.3 is 6.18 Å². The third-order valence-corrected chi connectivity index (χ3v) is 3.13. The number of rotatable bonds is 4. The standard InChI is InChI=1S/C15H18F3N3O.HI/c1-19-14(20-8-7-15(16,17)18)21(2)10-12-9-11-5-3-4-6-13(11)22-12;/h3-6,9H,7-8,10H2,1-2H3,(H,19,20);1H. The minimum absolute atomic E-state index is 0. The highest BCUT2D eigenvalue weighted by Gasteiger charge is 2.26. The molecule has 23 heavy (non-hydrogen) atoms. The molecule has 0 aliphatic rings. The number of hydrogen-bond acceptors (Lipinski definition) is 2. The summed E-state index contributed by atoms with van der Waals surface area (Å²) in [4.78, 5) is 5.70. The molecule has 0 radical (unpaired) electrons. The number of alkyl halides is 3. The van der Waals surface area contributed by atoms with Crippen LogP contribution in [0.15, 0.2) is 39.7 Å². The van der Waals surface area contributed by atoms with Crippen molar-refractivity contribution in [3.63, 3.8) is 0 Å². The third kappa shape index (κ3) is 5.92. The fourth-order valence-electron chi connectivity index (χ4n) is 2.12. The lowest BCUT2D eigenvalue weighted by atomic mass is 10.2. The first-order valence-electron chi connectivity index (χ1n) is 6.85. The maximum atomic E-state index is 12.2. The van der Waals surface area contributed by atoms with Crippen LogP contribution in [0.2, 0.25) is 0 Å². The van der Waals surface area contributed by atoms with Gasteiger partial charge in [-0.1, -0.05) is 18.2 Å². The van der Waals surface area contributed by atoms with Crippen molar-refractivity contribution in [3.8, 4) is 0 Å². The molecule has 0 amide bonds. The summed E-state index contributed by atoms with van der Waals surface area (Å²) >= 11 is 0. The van der Waals surface area contributed by atoms with Gasteiger partial charge in [0.05, 0.1) is 13.0 Å². The van der Waals surface area contributed by atoms with E-state index in [4.69, 9.17) is 4.42 Å². The molecule has 0 bridgehead atoms. The van der Waals surface area contributed by atoms with Crippen LogP contribution in [0.1, 0.15) is 12.2 Å². The van der Waals surface area contributed by atoms with Gasteiger partial charge in [0.25, 0.3) is 0 Å². The van der Waals surface area contributed by atoms with Crippen molar-refractivity contribution in [2.24, 2.45) is 4.99 Å². The first-order chi connectivity index (χ1) is 10.4. The Kier molecular flexibility index (Phi) is 7.17. The molecule has 0 atom stereocenters. The van der Waals surface area contributed by atoms with E-state index in [-0.39, 0.29) is 30.5 Å². The number of halogens is 4. The normalized spacial score (nSPS) is 12.1. The lowest BCUT2D eigenvalue weighted by Crippen LogP contribution is -2.39. The molecule has 1 heterocycles. The molecule has 0 unspecified atom stereocenters. The Morgan fingerprint density at radius 1 is 1.30 bits per heavy atom. The summed E-state index contributed by atoms with van der Waals surface area (Å²) in [6.45, 7) is 0.209. The highest BCUT2D eigenvalue weighted by atomic mass is 127. The summed E-state index contributed by atoms with van der Waals surface area (Å²) in [6.07, 6.45) is -5.08. The van der Waals surface area contributed by atoms with Crippen LogP contribution in [0.5, 0.6) is 0 Å². The van der Waals surface area contributed by atoms with Gasteiger partial charge in [0.2, 0.25) is 0 Å². The van der Waals surface area contributed by atoms with Gasteiger partial charge in [-0.25, -0.2) is 0 Å². The van der Waals surface area contributed by atoms with Crippen molar-refractivity contribution in [2.45, 2.75) is 19.1 Å². The van der Waals surface area contributed by atoms with Gasteiger partial charge in [-0.2, -0.15) is 13.2 Å². The Balaban J connectivity index is 0.00000264. The van der Waals surface area contributed by atoms with E-state index in [2.05, 4.69) is 10.3 Å². The smallest absolute Gasteiger partial charge is 0.390 e. The fraction of sp³-hybridized carbons (Fsp3) is 0.400. The molecule has 8 heteroatoms. The van der Waals surface area contributed by atoms with Crippen LogP contribution < -0.4 is 5.32 Å². The summed E-state index contributed by atoms with van der Waals surface area (Å²) < 4.78 is 42.2. The zero-order valence-corrected chi connectivity index (χ0v) is 15.2. The van der Waals surface area contributed by atoms with Crippen LogP contribution in [0, 0.1) is 0 Å². The number of fused-ring (bicyclic) bond motifs is 1. The van der Waals surface area contributed by atoms with Gasteiger partial charge in [0, 0.05) is 26.0 Å². The molecule has 0 aliphatic heterocycles. The van der Waals surface area contributed by atoms with E-state index in [1.165, 1.54) is 7.05 Å². The average molecular weight is 441 g/mol. The molecule has 1 N–H and O–H groups in total. The number of para-hydroxylation sites is 1. The van der Waals surface area contributed by atoms with Gasteiger partial charge in [0.1, 0.15) is 11.3 Å². The molecule has 0 spiro atoms. The van der Waals surface area contributed by atoms with E-state index < -0.39 is 12.6 Å². The Labute approximate surface area is 149 Å². The number of hydrogen-bond donors (Lipinski definition) is 1. The molecule has 0 aliphatic carbocycles. The van der Waals surface area contributed by atoms with E-state index in [9.17, 15) is 13.2 Å². The molecule has 128 valence electrons. The monoisotopic (exact) mass is 441 g/mol. The summed E-state index contributed by atoms with van der Waals surface area (Å²) in [5.74, 6) is 1.12. The molecule has 4 nitrogen and oxygen atoms in total. The first-order valence-corrected chi connectivity index (χ1v) is 6.85. The van der Waals surface area contributed by atoms with Gasteiger partial charge in [0.15, 0.2) is 5.96 Å². The van der Waals surface area contributed by atoms with Crippen LogP contribution in [0.25, 0.3) is 11.0 Å². The Hall–Kier alpha value is -1.45. The summed E-state index contributed by atoms with van der Waals surface area (Å²) in [5.41, 5.74) is 0.783. The van der Waals surface area contributed by atoms with Crippen LogP contribution in [0.3, 0.4) is 0 Å². The van der Waals surface area contributed by atoms with Crippen LogP contribution >= 0.6 is 24.0 Å². The van der Waals surface area contributed by atoms with Crippen molar-refractivity contribution in [1.29, 1.82) is 0 Å². The highest BCUT2D eigenvalue weighted by Crippen LogP contribution is 2.20. The maximum Gasteiger partial charge on any atom is 0.390 e. The zero-order valence-electron chi connectivity index (χ0n) is 12.9. The number of benzene rings is 1. The second kappa shape index (κ2) is 8.42. The van der Waals surface area contributed by atoms with E-state index in [0.717, 1.165) is 16.7 Å². The SMILES string of the molecule is CN=C(NCCC(F)(F)F)N(C)Cc1cc2ccccc2o1.I. The maximum absolute atomic E-state index is 12.2. The van der Waals surface area contributed by atoms with E-state index in [1.807, 2.05) is 30.3 Å². The van der Waals surface area contributed by atoms with Gasteiger partial charge in [-0.3, -0.25) is 4.99 Å². The number of furan rings is 1. The van der Waals surface area contributed by atoms with Crippen LogP contribution in [-0.2, 0) is 6.54 Å². The van der Waals surface area contributed by atoms with Gasteiger partial charge in [-0.15, -0.1) is 24.0 Å². The predicted molar refractivity (Wildman–Crippen MR) is 95.1 cm³/mol. The van der Waals surface area contributed by atoms with Gasteiger partial charge in [-0.05, 0) is 12.1 Å². The molecule has 0 fully saturated rings. The minimum Gasteiger partial charge on any atom is -0.459 e. The second-order valence-corrected chi connectivity index (χ2v) is 4.95. The van der Waals surface area contributed by atoms with Crippen molar-refractivity contribution in [3.05, 3.63) is 36.1 Å². The number of guanidine groups is 1. The Bertz CT molecular complexity index is 622. The predicted octanol–water partition coefficient (Wildman–Crippen LogP) is 4.01. The largest absolute Gasteiger partial charge is 0.459 e. The molecule has 2 rings (SSSR count). The second-order valence-electron chi connectivity index (χ2n) is 4.95. The molecular formula is C15H19F3IN3O. The molecule has 1 aromatic carbocycles. The summed E-state index contributed by atoms with van der Waals surface area (Å²) in [6, 6.07) is 9.53. The van der Waals surface area contributed by atoms with Crippen molar-refractivity contribution >= 4 is 40.9 Å². The van der Waals surface area contributed by atoms with Crippen LogP contribution in [-0.4, -0.2) is 37.7 Å². The molecule has 2 aromatic rings. The van der Waals surface area contributed by atoms with Gasteiger partial charge < -0.3 is 14.6 Å². The third-order valence-electron chi connectivity index (χ3n) is 3.13. The lowest BCUT2D eigenvalue weighted by molar-refractivity contribution is -0.132. The lowest BCUT2D eigenvalue weighted by Gasteiger charge is -2.21. The van der Waals surface area contributed by atoms with E-state index in [1.54, 1.807) is 11.9 Å². The average Bonchev–Trinajstić information content (AvgIpc) is 2.84. The number of aliphatic imine (C=N–C) groups is 1. The van der Waals surface area contributed by atoms with E-state index >= 15 is 0 Å². The minimum atomic E-state index is -4.18. The van der Waals surface area contributed by atoms with Crippen molar-refractivity contribution in [1.82, 2.24) is 10.2 Å². The van der Waals surface area contributed by atoms with E-state index in [0.29, 0.717) is 12.5 Å². The highest BCUT2D eigenvalue weighted by molar-refractivity contribution is 14.0. The quantitative estimate of drug-likeness (QED) is 0.443. The molecule has 0 saturated carbocycles. The molecule has 0 saturated heterocycles. The Morgan fingerprint density at radius 3 is 2.61 bits per heavy atom. The number of nitrogens with zero attached hydrogens (tertiary/aromatic N) is 2. The van der Waals surface area contributed by atoms with Crippen molar-refractivity contribution < 1.29 is 17.6 Å². The summed E-state index contributed by atoms with van der Waals surface area (Å²) in [7, 11) is 3.28. The molecular weight excluding hydrogens is 422 g/mol. The first kappa shape index (κ1) is 19.6. The Morgan fingerprint density at radius 2 is 2.00 bits per heavy atom. The summed E-state index contributed by atoms with van der Waals surface area (Å²) in [5, 5.41) is 3.69. The fourth-order valence-corrected chi connectivity index (χ4v) is 2.12. The zero-order chi connectivity index (χ0) is 16.2.